The van der Waals surface area contributed by atoms with Crippen LogP contribution in [0.25, 0.3) is 0 Å². The molecule has 1 heterocycles. The van der Waals surface area contributed by atoms with Crippen LogP contribution in [0.1, 0.15) is 30.9 Å². The molecule has 1 aliphatic heterocycles. The Morgan fingerprint density at radius 2 is 2.24 bits per heavy atom. The van der Waals surface area contributed by atoms with E-state index < -0.39 is 0 Å². The summed E-state index contributed by atoms with van der Waals surface area (Å²) in [6.07, 6.45) is 2.49. The van der Waals surface area contributed by atoms with Gasteiger partial charge in [-0.3, -0.25) is 4.90 Å². The van der Waals surface area contributed by atoms with Crippen molar-refractivity contribution in [3.05, 3.63) is 29.3 Å². The Balaban J connectivity index is 0.00000220. The molecule has 0 radical (unpaired) electrons. The molecule has 1 aromatic carbocycles. The van der Waals surface area contributed by atoms with E-state index in [9.17, 15) is 0 Å². The van der Waals surface area contributed by atoms with Crippen molar-refractivity contribution in [2.75, 3.05) is 20.2 Å². The first-order valence-electron chi connectivity index (χ1n) is 7.20. The molecular weight excluding hydrogens is 286 g/mol. The van der Waals surface area contributed by atoms with Crippen LogP contribution in [0, 0.1) is 17.2 Å². The maximum absolute atomic E-state index is 9.02. The highest BCUT2D eigenvalue weighted by Gasteiger charge is 2.27. The second kappa shape index (κ2) is 8.23. The van der Waals surface area contributed by atoms with Gasteiger partial charge in [-0.25, -0.2) is 0 Å². The predicted octanol–water partition coefficient (Wildman–Crippen LogP) is 2.55. The van der Waals surface area contributed by atoms with Gasteiger partial charge in [-0.05, 0) is 43.0 Å². The number of likely N-dealkylation sites (tertiary alicyclic amines) is 1. The van der Waals surface area contributed by atoms with Crippen molar-refractivity contribution in [2.24, 2.45) is 11.7 Å². The van der Waals surface area contributed by atoms with Crippen LogP contribution >= 0.6 is 12.4 Å². The molecule has 0 saturated carbocycles. The van der Waals surface area contributed by atoms with Crippen LogP contribution in [-0.2, 0) is 6.54 Å². The molecule has 1 aliphatic rings. The molecule has 2 rings (SSSR count). The van der Waals surface area contributed by atoms with E-state index in [-0.39, 0.29) is 12.4 Å². The largest absolute Gasteiger partial charge is 0.495 e. The number of rotatable bonds is 4. The number of methoxy groups -OCH3 is 1. The van der Waals surface area contributed by atoms with E-state index in [0.29, 0.717) is 29.8 Å². The van der Waals surface area contributed by atoms with Crippen LogP contribution in [0.5, 0.6) is 5.75 Å². The first-order valence-corrected chi connectivity index (χ1v) is 7.20. The van der Waals surface area contributed by atoms with Crippen LogP contribution in [-0.4, -0.2) is 31.1 Å². The number of piperidine rings is 1. The molecule has 2 atom stereocenters. The number of halogens is 1. The van der Waals surface area contributed by atoms with E-state index in [1.165, 1.54) is 18.4 Å². The summed E-state index contributed by atoms with van der Waals surface area (Å²) in [5.74, 6) is 1.30. The van der Waals surface area contributed by atoms with Gasteiger partial charge < -0.3 is 10.5 Å². The summed E-state index contributed by atoms with van der Waals surface area (Å²) in [5.41, 5.74) is 7.69. The summed E-state index contributed by atoms with van der Waals surface area (Å²) < 4.78 is 5.27. The monoisotopic (exact) mass is 309 g/mol. The minimum Gasteiger partial charge on any atom is -0.495 e. The van der Waals surface area contributed by atoms with Crippen molar-refractivity contribution in [1.82, 2.24) is 4.90 Å². The summed E-state index contributed by atoms with van der Waals surface area (Å²) in [5, 5.41) is 9.02. The highest BCUT2D eigenvalue weighted by atomic mass is 35.5. The summed E-state index contributed by atoms with van der Waals surface area (Å²) >= 11 is 0. The molecule has 0 aromatic heterocycles. The molecule has 0 aliphatic carbocycles. The normalized spacial score (nSPS) is 22.2. The molecule has 1 aromatic rings. The number of hydrogen-bond donors (Lipinski definition) is 1. The zero-order chi connectivity index (χ0) is 14.5. The molecule has 5 heteroatoms. The van der Waals surface area contributed by atoms with Gasteiger partial charge in [0.1, 0.15) is 11.8 Å². The molecule has 2 N–H and O–H groups in total. The second-order valence-corrected chi connectivity index (χ2v) is 5.54. The Morgan fingerprint density at radius 3 is 2.86 bits per heavy atom. The average molecular weight is 310 g/mol. The molecule has 21 heavy (non-hydrogen) atoms. The summed E-state index contributed by atoms with van der Waals surface area (Å²) in [6.45, 7) is 4.94. The van der Waals surface area contributed by atoms with Crippen molar-refractivity contribution in [3.8, 4) is 11.8 Å². The van der Waals surface area contributed by atoms with Gasteiger partial charge in [0.25, 0.3) is 0 Å². The van der Waals surface area contributed by atoms with Gasteiger partial charge in [-0.15, -0.1) is 12.4 Å². The Kier molecular flexibility index (Phi) is 6.97. The molecule has 0 bridgehead atoms. The maximum atomic E-state index is 9.02. The Bertz CT molecular complexity index is 501. The van der Waals surface area contributed by atoms with Crippen molar-refractivity contribution in [1.29, 1.82) is 5.26 Å². The fraction of sp³-hybridized carbons (Fsp3) is 0.562. The average Bonchev–Trinajstić information content (AvgIpc) is 2.47. The Labute approximate surface area is 133 Å². The predicted molar refractivity (Wildman–Crippen MR) is 86.6 cm³/mol. The zero-order valence-electron chi connectivity index (χ0n) is 12.7. The summed E-state index contributed by atoms with van der Waals surface area (Å²) in [6, 6.07) is 8.40. The lowest BCUT2D eigenvalue weighted by Crippen LogP contribution is -2.47. The van der Waals surface area contributed by atoms with E-state index in [0.717, 1.165) is 13.1 Å². The van der Waals surface area contributed by atoms with Crippen molar-refractivity contribution < 1.29 is 4.74 Å². The second-order valence-electron chi connectivity index (χ2n) is 5.54. The van der Waals surface area contributed by atoms with Crippen LogP contribution < -0.4 is 10.5 Å². The van der Waals surface area contributed by atoms with Crippen molar-refractivity contribution in [3.63, 3.8) is 0 Å². The summed E-state index contributed by atoms with van der Waals surface area (Å²) in [7, 11) is 1.60. The highest BCUT2D eigenvalue weighted by Crippen LogP contribution is 2.26. The minimum absolute atomic E-state index is 0. The lowest BCUT2D eigenvalue weighted by atomic mass is 9.90. The Morgan fingerprint density at radius 1 is 1.48 bits per heavy atom. The van der Waals surface area contributed by atoms with Crippen LogP contribution in [0.2, 0.25) is 0 Å². The lowest BCUT2D eigenvalue weighted by molar-refractivity contribution is 0.0990. The van der Waals surface area contributed by atoms with Gasteiger partial charge in [0.2, 0.25) is 0 Å². The van der Waals surface area contributed by atoms with Crippen LogP contribution in [0.4, 0.5) is 0 Å². The molecule has 116 valence electrons. The lowest BCUT2D eigenvalue weighted by Gasteiger charge is -2.39. The molecule has 1 fully saturated rings. The molecule has 0 spiro atoms. The molecule has 4 nitrogen and oxygen atoms in total. The fourth-order valence-electron chi connectivity index (χ4n) is 3.07. The topological polar surface area (TPSA) is 62.3 Å². The number of nitriles is 1. The molecular formula is C16H24ClN3O. The van der Waals surface area contributed by atoms with Gasteiger partial charge >= 0.3 is 0 Å². The number of nitrogens with two attached hydrogens (primary N) is 1. The minimum atomic E-state index is 0. The maximum Gasteiger partial charge on any atom is 0.136 e. The van der Waals surface area contributed by atoms with Crippen molar-refractivity contribution in [2.45, 2.75) is 32.4 Å². The number of hydrogen-bond acceptors (Lipinski definition) is 4. The van der Waals surface area contributed by atoms with Gasteiger partial charge in [-0.2, -0.15) is 5.26 Å². The third-order valence-corrected chi connectivity index (χ3v) is 4.24. The molecule has 1 saturated heterocycles. The van der Waals surface area contributed by atoms with Crippen LogP contribution in [0.3, 0.4) is 0 Å². The quantitative estimate of drug-likeness (QED) is 0.928. The standard InChI is InChI=1S/C16H23N3O.ClH/c1-12-4-3-7-19(15(12)10-18)11-13-5-6-14(9-17)16(8-13)20-2;/h5-6,8,12,15H,3-4,7,10-11,18H2,1-2H3;1H. The third kappa shape index (κ3) is 4.10. The SMILES string of the molecule is COc1cc(CN2CCCC(C)C2CN)ccc1C#N.Cl. The zero-order valence-corrected chi connectivity index (χ0v) is 13.5. The number of ether oxygens (including phenoxy) is 1. The van der Waals surface area contributed by atoms with Gasteiger partial charge in [0, 0.05) is 19.1 Å². The Hall–Kier alpha value is -1.28. The van der Waals surface area contributed by atoms with E-state index >= 15 is 0 Å². The van der Waals surface area contributed by atoms with E-state index in [1.807, 2.05) is 18.2 Å². The first-order chi connectivity index (χ1) is 9.69. The number of benzene rings is 1. The van der Waals surface area contributed by atoms with Gasteiger partial charge in [0.15, 0.2) is 0 Å². The van der Waals surface area contributed by atoms with Gasteiger partial charge in [0.05, 0.1) is 12.7 Å². The first kappa shape index (κ1) is 17.8. The molecule has 0 amide bonds. The van der Waals surface area contributed by atoms with E-state index in [4.69, 9.17) is 15.7 Å². The van der Waals surface area contributed by atoms with Crippen LogP contribution in [0.15, 0.2) is 18.2 Å². The smallest absolute Gasteiger partial charge is 0.136 e. The fourth-order valence-corrected chi connectivity index (χ4v) is 3.07. The van der Waals surface area contributed by atoms with Crippen molar-refractivity contribution >= 4 is 12.4 Å². The number of nitrogens with zero attached hydrogens (tertiary/aromatic N) is 2. The molecule has 2 unspecified atom stereocenters. The van der Waals surface area contributed by atoms with E-state index in [2.05, 4.69) is 17.9 Å². The van der Waals surface area contributed by atoms with E-state index in [1.54, 1.807) is 7.11 Å². The van der Waals surface area contributed by atoms with Gasteiger partial charge in [-0.1, -0.05) is 13.0 Å². The highest BCUT2D eigenvalue weighted by molar-refractivity contribution is 5.85. The third-order valence-electron chi connectivity index (χ3n) is 4.24. The summed E-state index contributed by atoms with van der Waals surface area (Å²) in [4.78, 5) is 2.45.